The van der Waals surface area contributed by atoms with E-state index in [4.69, 9.17) is 0 Å². The molecule has 0 radical (unpaired) electrons. The van der Waals surface area contributed by atoms with Gasteiger partial charge in [0.1, 0.15) is 23.1 Å². The first-order valence-corrected chi connectivity index (χ1v) is 13.1. The molecule has 0 bridgehead atoms. The Kier molecular flexibility index (Phi) is 8.33. The van der Waals surface area contributed by atoms with Crippen molar-refractivity contribution in [2.24, 2.45) is 0 Å². The number of nitrogens with zero attached hydrogens (tertiary/aromatic N) is 3. The molecule has 0 aliphatic rings. The Balaban J connectivity index is 1.68. The average Bonchev–Trinajstić information content (AvgIpc) is 3.26. The maximum atomic E-state index is 14.0. The molecule has 13 heteroatoms. The van der Waals surface area contributed by atoms with Gasteiger partial charge in [-0.1, -0.05) is 30.3 Å². The van der Waals surface area contributed by atoms with Gasteiger partial charge in [0.2, 0.25) is 0 Å². The normalized spacial score (nSPS) is 11.8. The number of nitrogens with one attached hydrogen (secondary N) is 1. The number of amides is 1. The lowest BCUT2D eigenvalue weighted by Gasteiger charge is -2.21. The molecule has 186 valence electrons. The lowest BCUT2D eigenvalue weighted by molar-refractivity contribution is 0.0951. The van der Waals surface area contributed by atoms with Crippen molar-refractivity contribution in [3.05, 3.63) is 104 Å². The predicted octanol–water partition coefficient (Wildman–Crippen LogP) is 5.36. The first-order valence-electron chi connectivity index (χ1n) is 10.2. The van der Waals surface area contributed by atoms with Crippen LogP contribution in [0.2, 0.25) is 0 Å². The minimum atomic E-state index is -2.64. The minimum absolute atomic E-state index is 0.0422. The Hall–Kier alpha value is -2.88. The van der Waals surface area contributed by atoms with E-state index in [1.807, 2.05) is 52.9 Å². The molecule has 1 heterocycles. The van der Waals surface area contributed by atoms with Crippen LogP contribution in [0.1, 0.15) is 27.2 Å². The zero-order chi connectivity index (χ0) is 25.8. The molecular weight excluding hydrogens is 628 g/mol. The molecule has 0 spiro atoms. The summed E-state index contributed by atoms with van der Waals surface area (Å²) in [6, 6.07) is 14.9. The molecule has 1 aromatic heterocycles. The van der Waals surface area contributed by atoms with Gasteiger partial charge in [-0.15, -0.1) is 0 Å². The van der Waals surface area contributed by atoms with Crippen LogP contribution in [0.25, 0.3) is 0 Å². The van der Waals surface area contributed by atoms with Gasteiger partial charge in [0.05, 0.1) is 23.0 Å². The van der Waals surface area contributed by atoms with Crippen molar-refractivity contribution < 1.29 is 26.7 Å². The fourth-order valence-electron chi connectivity index (χ4n) is 3.40. The first kappa shape index (κ1) is 26.2. The van der Waals surface area contributed by atoms with Gasteiger partial charge >= 0.3 is 0 Å². The molecule has 2 N–H and O–H groups in total. The highest BCUT2D eigenvalue weighted by molar-refractivity contribution is 14.1. The Morgan fingerprint density at radius 3 is 2.42 bits per heavy atom. The molecule has 0 aliphatic heterocycles. The van der Waals surface area contributed by atoms with Crippen molar-refractivity contribution in [1.82, 2.24) is 14.1 Å². The highest BCUT2D eigenvalue weighted by Crippen LogP contribution is 2.33. The fraction of sp³-hybridized carbons (Fsp3) is 0.0870. The number of halogens is 4. The van der Waals surface area contributed by atoms with Crippen molar-refractivity contribution in [3.63, 3.8) is 0 Å². The molecule has 0 aliphatic carbocycles. The van der Waals surface area contributed by atoms with Crippen LogP contribution in [-0.2, 0) is 24.2 Å². The number of anilines is 2. The third kappa shape index (κ3) is 5.91. The maximum absolute atomic E-state index is 14.0. The van der Waals surface area contributed by atoms with Crippen LogP contribution in [0.3, 0.4) is 0 Å². The number of rotatable bonds is 8. The maximum Gasteiger partial charge on any atom is 0.268 e. The Morgan fingerprint density at radius 1 is 1.06 bits per heavy atom. The summed E-state index contributed by atoms with van der Waals surface area (Å²) in [5.41, 5.74) is 0.809. The second kappa shape index (κ2) is 11.5. The van der Waals surface area contributed by atoms with Crippen LogP contribution in [-0.4, -0.2) is 23.4 Å². The van der Waals surface area contributed by atoms with Gasteiger partial charge in [-0.25, -0.2) is 21.7 Å². The van der Waals surface area contributed by atoms with E-state index in [1.54, 1.807) is 6.07 Å². The molecule has 1 atom stereocenters. The van der Waals surface area contributed by atoms with Gasteiger partial charge in [0, 0.05) is 34.2 Å². The average molecular weight is 644 g/mol. The van der Waals surface area contributed by atoms with Crippen molar-refractivity contribution in [1.29, 1.82) is 0 Å². The van der Waals surface area contributed by atoms with Gasteiger partial charge in [-0.05, 0) is 46.4 Å². The van der Waals surface area contributed by atoms with Crippen LogP contribution in [0.15, 0.2) is 60.7 Å². The van der Waals surface area contributed by atoms with Gasteiger partial charge in [-0.2, -0.15) is 8.75 Å². The lowest BCUT2D eigenvalue weighted by atomic mass is 10.1. The van der Waals surface area contributed by atoms with E-state index in [2.05, 4.69) is 14.1 Å². The molecule has 0 fully saturated rings. The van der Waals surface area contributed by atoms with E-state index in [0.29, 0.717) is 27.8 Å². The topological polar surface area (TPSA) is 95.4 Å². The number of benzene rings is 3. The van der Waals surface area contributed by atoms with E-state index >= 15 is 0 Å². The Morgan fingerprint density at radius 2 is 1.75 bits per heavy atom. The van der Waals surface area contributed by atoms with Crippen LogP contribution in [0.5, 0.6) is 0 Å². The Bertz CT molecular complexity index is 1420. The monoisotopic (exact) mass is 644 g/mol. The molecule has 0 saturated heterocycles. The summed E-state index contributed by atoms with van der Waals surface area (Å²) in [6.07, 6.45) is 0.328. The largest absolute Gasteiger partial charge is 0.348 e. The SMILES string of the molecule is O=C(NCc1c(F)cc(F)cc1F)c1ccc(I)cc1N(c1nsnc1Cc1ccccc1)S(=O)O. The van der Waals surface area contributed by atoms with Gasteiger partial charge < -0.3 is 5.32 Å². The standard InChI is InChI=1S/C23H16F3IN4O3S2/c24-14-9-18(25)17(19(26)10-14)12-28-23(32)16-7-6-15(27)11-21(16)31(36(33)34)22-20(29-35-30-22)8-13-4-2-1-3-5-13/h1-7,9-11H,8,12H2,(H,28,32)(H,33,34). The van der Waals surface area contributed by atoms with Gasteiger partial charge in [0.25, 0.3) is 17.2 Å². The van der Waals surface area contributed by atoms with E-state index in [-0.39, 0.29) is 17.1 Å². The van der Waals surface area contributed by atoms with Crippen molar-refractivity contribution in [3.8, 4) is 0 Å². The van der Waals surface area contributed by atoms with E-state index in [9.17, 15) is 26.7 Å². The predicted molar refractivity (Wildman–Crippen MR) is 139 cm³/mol. The van der Waals surface area contributed by atoms with Crippen LogP contribution in [0, 0.1) is 21.0 Å². The third-order valence-corrected chi connectivity index (χ3v) is 6.96. The number of carbonyl (C=O) groups is 1. The van der Waals surface area contributed by atoms with Crippen LogP contribution >= 0.6 is 34.3 Å². The lowest BCUT2D eigenvalue weighted by Crippen LogP contribution is -2.28. The molecule has 1 amide bonds. The number of hydrogen-bond acceptors (Lipinski definition) is 5. The van der Waals surface area contributed by atoms with Crippen molar-refractivity contribution in [2.45, 2.75) is 13.0 Å². The molecule has 1 unspecified atom stereocenters. The quantitative estimate of drug-likeness (QED) is 0.199. The fourth-order valence-corrected chi connectivity index (χ4v) is 5.09. The minimum Gasteiger partial charge on any atom is -0.348 e. The van der Waals surface area contributed by atoms with Crippen molar-refractivity contribution >= 4 is 63.0 Å². The smallest absolute Gasteiger partial charge is 0.268 e. The highest BCUT2D eigenvalue weighted by atomic mass is 127. The summed E-state index contributed by atoms with van der Waals surface area (Å²) in [5.74, 6) is -4.05. The summed E-state index contributed by atoms with van der Waals surface area (Å²) in [5, 5.41) is 2.39. The zero-order valence-electron chi connectivity index (χ0n) is 18.1. The summed E-state index contributed by atoms with van der Waals surface area (Å²) in [4.78, 5) is 13.0. The van der Waals surface area contributed by atoms with Crippen LogP contribution in [0.4, 0.5) is 24.7 Å². The third-order valence-electron chi connectivity index (χ3n) is 5.05. The molecule has 3 aromatic carbocycles. The van der Waals surface area contributed by atoms with E-state index in [0.717, 1.165) is 21.6 Å². The second-order valence-corrected chi connectivity index (χ2v) is 10.0. The number of aromatic nitrogens is 2. The molecule has 4 aromatic rings. The van der Waals surface area contributed by atoms with Crippen LogP contribution < -0.4 is 9.62 Å². The molecule has 4 rings (SSSR count). The molecule has 36 heavy (non-hydrogen) atoms. The highest BCUT2D eigenvalue weighted by Gasteiger charge is 2.27. The Labute approximate surface area is 224 Å². The first-order chi connectivity index (χ1) is 17.2. The molecule has 7 nitrogen and oxygen atoms in total. The van der Waals surface area contributed by atoms with Gasteiger partial charge in [0.15, 0.2) is 5.82 Å². The number of hydrogen-bond donors (Lipinski definition) is 2. The molecule has 0 saturated carbocycles. The summed E-state index contributed by atoms with van der Waals surface area (Å²) >= 11 is 0.191. The summed E-state index contributed by atoms with van der Waals surface area (Å²) in [7, 11) is 0. The zero-order valence-corrected chi connectivity index (χ0v) is 21.9. The second-order valence-electron chi connectivity index (χ2n) is 7.41. The summed E-state index contributed by atoms with van der Waals surface area (Å²) in [6.45, 7) is -0.568. The van der Waals surface area contributed by atoms with E-state index in [1.165, 1.54) is 12.1 Å². The summed E-state index contributed by atoms with van der Waals surface area (Å²) < 4.78 is 74.0. The number of carbonyl (C=O) groups excluding carboxylic acids is 1. The van der Waals surface area contributed by atoms with Crippen molar-refractivity contribution in [2.75, 3.05) is 4.31 Å². The van der Waals surface area contributed by atoms with Gasteiger partial charge in [-0.3, -0.25) is 9.35 Å². The van der Waals surface area contributed by atoms with E-state index < -0.39 is 46.7 Å². The molecular formula is C23H16F3IN4O3S2.